The standard InChI is InChI=1S/C22H27Cl2N5O5S/c1-4-34-21(32)18-17(20(31)26-11-5-6-11)28-22(35-18)29-8-7-12(13(9-29)33-3)27-19(30)16-15(24)14(23)10(2)25-16/h11-13,25H,4-9H2,1-3H3,(H,26,31)(H,27,30)/t12-,13+/m1/s1. The maximum atomic E-state index is 12.8. The predicted molar refractivity (Wildman–Crippen MR) is 133 cm³/mol. The summed E-state index contributed by atoms with van der Waals surface area (Å²) in [5.41, 5.74) is 0.896. The Balaban J connectivity index is 1.49. The molecule has 0 spiro atoms. The number of aromatic amines is 1. The molecule has 4 rings (SSSR count). The SMILES string of the molecule is CCOC(=O)c1sc(N2CC[C@@H](NC(=O)c3[nH]c(C)c(Cl)c3Cl)[C@@H](OC)C2)nc1C(=O)NC1CC1. The average molecular weight is 544 g/mol. The minimum atomic E-state index is -0.570. The summed E-state index contributed by atoms with van der Waals surface area (Å²) in [6, 6.07) is -0.156. The summed E-state index contributed by atoms with van der Waals surface area (Å²) < 4.78 is 10.8. The third-order valence-electron chi connectivity index (χ3n) is 5.93. The van der Waals surface area contributed by atoms with E-state index in [0.717, 1.165) is 24.2 Å². The molecule has 2 aromatic heterocycles. The first kappa shape index (κ1) is 25.7. The number of esters is 1. The smallest absolute Gasteiger partial charge is 0.350 e. The summed E-state index contributed by atoms with van der Waals surface area (Å²) >= 11 is 13.4. The summed E-state index contributed by atoms with van der Waals surface area (Å²) in [5.74, 6) is -1.32. The largest absolute Gasteiger partial charge is 0.462 e. The van der Waals surface area contributed by atoms with E-state index in [0.29, 0.717) is 35.4 Å². The van der Waals surface area contributed by atoms with Crippen LogP contribution in [-0.2, 0) is 9.47 Å². The van der Waals surface area contributed by atoms with E-state index in [1.54, 1.807) is 21.0 Å². The van der Waals surface area contributed by atoms with Gasteiger partial charge in [-0.15, -0.1) is 0 Å². The van der Waals surface area contributed by atoms with Crippen molar-refractivity contribution >= 4 is 57.5 Å². The number of thiazole rings is 1. The zero-order valence-corrected chi connectivity index (χ0v) is 21.9. The third-order valence-corrected chi connectivity index (χ3v) is 7.98. The number of hydrogen-bond donors (Lipinski definition) is 3. The Labute approximate surface area is 216 Å². The highest BCUT2D eigenvalue weighted by molar-refractivity contribution is 7.17. The van der Waals surface area contributed by atoms with Crippen LogP contribution in [0.2, 0.25) is 10.0 Å². The Morgan fingerprint density at radius 3 is 2.51 bits per heavy atom. The Morgan fingerprint density at radius 2 is 1.91 bits per heavy atom. The molecule has 0 radical (unpaired) electrons. The highest BCUT2D eigenvalue weighted by atomic mass is 35.5. The van der Waals surface area contributed by atoms with E-state index >= 15 is 0 Å². The number of H-pyrrole nitrogens is 1. The molecule has 0 bridgehead atoms. The van der Waals surface area contributed by atoms with Crippen LogP contribution >= 0.6 is 34.5 Å². The van der Waals surface area contributed by atoms with Gasteiger partial charge < -0.3 is 30.0 Å². The Kier molecular flexibility index (Phi) is 7.89. The second-order valence-electron chi connectivity index (χ2n) is 8.48. The van der Waals surface area contributed by atoms with Crippen LogP contribution in [0.1, 0.15) is 62.5 Å². The van der Waals surface area contributed by atoms with Crippen LogP contribution in [0.4, 0.5) is 5.13 Å². The molecule has 2 amide bonds. The molecule has 2 atom stereocenters. The van der Waals surface area contributed by atoms with Crippen LogP contribution in [0.25, 0.3) is 0 Å². The van der Waals surface area contributed by atoms with Gasteiger partial charge in [-0.1, -0.05) is 34.5 Å². The lowest BCUT2D eigenvalue weighted by molar-refractivity contribution is 0.0527. The van der Waals surface area contributed by atoms with Gasteiger partial charge in [0.25, 0.3) is 11.8 Å². The molecule has 2 aromatic rings. The van der Waals surface area contributed by atoms with E-state index < -0.39 is 5.97 Å². The highest BCUT2D eigenvalue weighted by Gasteiger charge is 2.35. The number of nitrogens with one attached hydrogen (secondary N) is 3. The average Bonchev–Trinajstić information content (AvgIpc) is 3.47. The lowest BCUT2D eigenvalue weighted by Crippen LogP contribution is -2.55. The summed E-state index contributed by atoms with van der Waals surface area (Å²) in [7, 11) is 1.57. The van der Waals surface area contributed by atoms with E-state index in [-0.39, 0.29) is 57.9 Å². The Bertz CT molecular complexity index is 1130. The summed E-state index contributed by atoms with van der Waals surface area (Å²) in [5, 5.41) is 6.87. The van der Waals surface area contributed by atoms with Crippen molar-refractivity contribution in [3.8, 4) is 0 Å². The minimum Gasteiger partial charge on any atom is -0.462 e. The molecular formula is C22H27Cl2N5O5S. The molecule has 13 heteroatoms. The lowest BCUT2D eigenvalue weighted by Gasteiger charge is -2.37. The topological polar surface area (TPSA) is 126 Å². The van der Waals surface area contributed by atoms with Crippen LogP contribution in [0.5, 0.6) is 0 Å². The number of carbonyl (C=O) groups excluding carboxylic acids is 3. The maximum Gasteiger partial charge on any atom is 0.350 e. The number of carbonyl (C=O) groups is 3. The van der Waals surface area contributed by atoms with Gasteiger partial charge in [0.15, 0.2) is 10.8 Å². The first-order valence-corrected chi connectivity index (χ1v) is 12.9. The van der Waals surface area contributed by atoms with Crippen molar-refractivity contribution in [3.05, 3.63) is 32.0 Å². The van der Waals surface area contributed by atoms with Crippen LogP contribution < -0.4 is 15.5 Å². The van der Waals surface area contributed by atoms with Crippen LogP contribution in [0.3, 0.4) is 0 Å². The van der Waals surface area contributed by atoms with Crippen LogP contribution in [-0.4, -0.2) is 72.7 Å². The normalized spacial score (nSPS) is 20.0. The van der Waals surface area contributed by atoms with E-state index in [1.165, 1.54) is 0 Å². The van der Waals surface area contributed by atoms with Gasteiger partial charge >= 0.3 is 5.97 Å². The summed E-state index contributed by atoms with van der Waals surface area (Å²) in [4.78, 5) is 47.6. The number of aryl methyl sites for hydroxylation is 1. The molecule has 1 aliphatic carbocycles. The van der Waals surface area contributed by atoms with Crippen molar-refractivity contribution in [2.75, 3.05) is 31.7 Å². The first-order valence-electron chi connectivity index (χ1n) is 11.3. The van der Waals surface area contributed by atoms with Crippen LogP contribution in [0, 0.1) is 6.92 Å². The number of rotatable bonds is 8. The fourth-order valence-electron chi connectivity index (χ4n) is 3.88. The molecular weight excluding hydrogens is 517 g/mol. The summed E-state index contributed by atoms with van der Waals surface area (Å²) in [6.07, 6.45) is 2.03. The molecule has 3 N–H and O–H groups in total. The number of nitrogens with zero attached hydrogens (tertiary/aromatic N) is 2. The monoisotopic (exact) mass is 543 g/mol. The van der Waals surface area contributed by atoms with E-state index in [9.17, 15) is 14.4 Å². The fraction of sp³-hybridized carbons (Fsp3) is 0.545. The second-order valence-corrected chi connectivity index (χ2v) is 10.2. The van der Waals surface area contributed by atoms with E-state index in [1.807, 2.05) is 4.90 Å². The number of aromatic nitrogens is 2. The fourth-order valence-corrected chi connectivity index (χ4v) is 5.29. The van der Waals surface area contributed by atoms with Gasteiger partial charge in [-0.05, 0) is 33.1 Å². The Hall–Kier alpha value is -2.34. The minimum absolute atomic E-state index is 0.0772. The molecule has 190 valence electrons. The number of amides is 2. The van der Waals surface area contributed by atoms with Gasteiger partial charge in [-0.25, -0.2) is 9.78 Å². The van der Waals surface area contributed by atoms with Gasteiger partial charge in [0, 0.05) is 31.9 Å². The number of halogens is 2. The number of piperidine rings is 1. The predicted octanol–water partition coefficient (Wildman–Crippen LogP) is 3.18. The van der Waals surface area contributed by atoms with Crippen molar-refractivity contribution < 1.29 is 23.9 Å². The second kappa shape index (κ2) is 10.7. The van der Waals surface area contributed by atoms with Gasteiger partial charge in [0.2, 0.25) is 0 Å². The van der Waals surface area contributed by atoms with Crippen molar-refractivity contribution in [1.29, 1.82) is 0 Å². The van der Waals surface area contributed by atoms with Crippen LogP contribution in [0.15, 0.2) is 0 Å². The Morgan fingerprint density at radius 1 is 1.17 bits per heavy atom. The molecule has 1 saturated carbocycles. The molecule has 2 fully saturated rings. The summed E-state index contributed by atoms with van der Waals surface area (Å²) in [6.45, 7) is 4.57. The molecule has 35 heavy (non-hydrogen) atoms. The zero-order valence-electron chi connectivity index (χ0n) is 19.6. The number of anilines is 1. The molecule has 0 aromatic carbocycles. The van der Waals surface area contributed by atoms with Crippen molar-refractivity contribution in [1.82, 2.24) is 20.6 Å². The van der Waals surface area contributed by atoms with Gasteiger partial charge in [-0.3, -0.25) is 9.59 Å². The molecule has 1 saturated heterocycles. The van der Waals surface area contributed by atoms with Gasteiger partial charge in [0.05, 0.1) is 28.8 Å². The molecule has 1 aliphatic heterocycles. The first-order chi connectivity index (χ1) is 16.7. The molecule has 3 heterocycles. The van der Waals surface area contributed by atoms with Crippen molar-refractivity contribution in [3.63, 3.8) is 0 Å². The van der Waals surface area contributed by atoms with E-state index in [4.69, 9.17) is 32.7 Å². The highest BCUT2D eigenvalue weighted by Crippen LogP contribution is 2.32. The third kappa shape index (κ3) is 5.58. The molecule has 0 unspecified atom stereocenters. The lowest BCUT2D eigenvalue weighted by atomic mass is 10.0. The quantitative estimate of drug-likeness (QED) is 0.436. The van der Waals surface area contributed by atoms with Crippen molar-refractivity contribution in [2.24, 2.45) is 0 Å². The zero-order chi connectivity index (χ0) is 25.3. The molecule has 2 aliphatic rings. The number of methoxy groups -OCH3 is 1. The van der Waals surface area contributed by atoms with Crippen molar-refractivity contribution in [2.45, 2.75) is 51.3 Å². The maximum absolute atomic E-state index is 12.8. The molecule has 10 nitrogen and oxygen atoms in total. The van der Waals surface area contributed by atoms with Gasteiger partial charge in [-0.2, -0.15) is 0 Å². The number of hydrogen-bond acceptors (Lipinski definition) is 8. The number of ether oxygens (including phenoxy) is 2. The van der Waals surface area contributed by atoms with E-state index in [2.05, 4.69) is 20.6 Å². The van der Waals surface area contributed by atoms with Gasteiger partial charge in [0.1, 0.15) is 10.6 Å².